The minimum Gasteiger partial charge on any atom is -0.534 e. The van der Waals surface area contributed by atoms with Crippen LogP contribution in [0.1, 0.15) is 75.7 Å². The number of hydrogen-bond acceptors (Lipinski definition) is 8. The molecule has 37 heavy (non-hydrogen) atoms. The largest absolute Gasteiger partial charge is 1.00 e. The molecule has 0 aliphatic heterocycles. The van der Waals surface area contributed by atoms with E-state index in [-0.39, 0.29) is 100 Å². The van der Waals surface area contributed by atoms with Crippen molar-refractivity contribution >= 4 is 33.7 Å². The van der Waals surface area contributed by atoms with Gasteiger partial charge >= 0.3 is 68.8 Å². The average Bonchev–Trinajstić information content (AvgIpc) is 2.79. The summed E-state index contributed by atoms with van der Waals surface area (Å²) in [7, 11) is -5.80. The monoisotopic (exact) mass is 577 g/mol. The van der Waals surface area contributed by atoms with E-state index in [9.17, 15) is 40.8 Å². The van der Waals surface area contributed by atoms with Crippen LogP contribution in [0.5, 0.6) is 0 Å². The van der Waals surface area contributed by atoms with Gasteiger partial charge in [0, 0.05) is 0 Å². The molecule has 204 valence electrons. The Morgan fingerprint density at radius 2 is 1.46 bits per heavy atom. The molecule has 14 heteroatoms. The smallest absolute Gasteiger partial charge is 0.534 e. The zero-order valence-corrected chi connectivity index (χ0v) is 25.7. The Kier molecular flexibility index (Phi) is 18.5. The molecule has 0 aliphatic carbocycles. The Morgan fingerprint density at radius 1 is 0.946 bits per heavy atom. The van der Waals surface area contributed by atoms with Crippen molar-refractivity contribution in [3.63, 3.8) is 0 Å². The predicted octanol–water partition coefficient (Wildman–Crippen LogP) is 1.67. The normalized spacial score (nSPS) is 12.5. The molecule has 0 radical (unpaired) electrons. The molecule has 2 unspecified atom stereocenters. The van der Waals surface area contributed by atoms with Crippen LogP contribution in [0.2, 0.25) is 0 Å². The standard InChI is InChI=1S/C12H14F3NO3S.C11H18O5.K/c1-3-8(2)9-4-6-10(7-5-9)11(17)16-20(18,19)12(13,14)15;1-4-8(2)11(14)16-6-5-15-10(13)7-9(3)12;/h4-8H,3H2,1-2H3,(H,16,17);8H,4-7H2,1-3H3;/q;;+1/p-1. The maximum Gasteiger partial charge on any atom is 1.00 e. The zero-order valence-electron chi connectivity index (χ0n) is 21.8. The van der Waals surface area contributed by atoms with Gasteiger partial charge in [0.15, 0.2) is 10.0 Å². The third-order valence-corrected chi connectivity index (χ3v) is 5.82. The summed E-state index contributed by atoms with van der Waals surface area (Å²) in [5.41, 5.74) is -4.87. The topological polar surface area (TPSA) is 135 Å². The average molecular weight is 578 g/mol. The molecule has 0 bridgehead atoms. The number of amides is 1. The number of benzene rings is 1. The van der Waals surface area contributed by atoms with Gasteiger partial charge in [-0.25, -0.2) is 8.42 Å². The van der Waals surface area contributed by atoms with Crippen molar-refractivity contribution in [3.8, 4) is 0 Å². The van der Waals surface area contributed by atoms with E-state index in [1.54, 1.807) is 19.1 Å². The molecular weight excluding hydrogens is 546 g/mol. The summed E-state index contributed by atoms with van der Waals surface area (Å²) in [5, 5.41) is 0. The quantitative estimate of drug-likeness (QED) is 0.168. The van der Waals surface area contributed by atoms with Crippen LogP contribution in [0.25, 0.3) is 4.72 Å². The van der Waals surface area contributed by atoms with Crippen molar-refractivity contribution in [1.82, 2.24) is 0 Å². The Hall–Kier alpha value is -1.32. The van der Waals surface area contributed by atoms with E-state index >= 15 is 0 Å². The Bertz CT molecular complexity index is 998. The van der Waals surface area contributed by atoms with E-state index in [1.165, 1.54) is 19.1 Å². The number of carbonyl (C=O) groups excluding carboxylic acids is 4. The zero-order chi connectivity index (χ0) is 28.1. The first-order valence-electron chi connectivity index (χ1n) is 11.1. The predicted molar refractivity (Wildman–Crippen MR) is 124 cm³/mol. The van der Waals surface area contributed by atoms with Crippen LogP contribution in [-0.4, -0.2) is 50.8 Å². The fraction of sp³-hybridized carbons (Fsp3) is 0.565. The molecule has 1 aromatic rings. The first-order valence-corrected chi connectivity index (χ1v) is 12.5. The van der Waals surface area contributed by atoms with Gasteiger partial charge in [0.2, 0.25) is 0 Å². The maximum atomic E-state index is 12.1. The van der Waals surface area contributed by atoms with Gasteiger partial charge in [0.1, 0.15) is 25.4 Å². The van der Waals surface area contributed by atoms with Crippen molar-refractivity contribution in [2.75, 3.05) is 13.2 Å². The number of esters is 2. The second-order valence-electron chi connectivity index (χ2n) is 7.82. The Labute approximate surface area is 257 Å². The minimum absolute atomic E-state index is 0. The molecule has 0 saturated heterocycles. The van der Waals surface area contributed by atoms with Gasteiger partial charge in [-0.2, -0.15) is 13.2 Å². The van der Waals surface area contributed by atoms with E-state index in [0.29, 0.717) is 6.42 Å². The second kappa shape index (κ2) is 18.1. The van der Waals surface area contributed by atoms with Crippen LogP contribution < -0.4 is 51.4 Å². The number of alkyl halides is 3. The fourth-order valence-corrected chi connectivity index (χ4v) is 2.69. The molecule has 9 nitrogen and oxygen atoms in total. The number of sulfonamides is 1. The number of nitrogens with zero attached hydrogens (tertiary/aromatic N) is 1. The molecule has 1 rings (SSSR count). The van der Waals surface area contributed by atoms with Gasteiger partial charge in [0.05, 0.1) is 11.8 Å². The third kappa shape index (κ3) is 15.0. The molecular formula is C23H31F3KNO8S. The first kappa shape index (κ1) is 37.8. The number of ketones is 1. The van der Waals surface area contributed by atoms with Crippen molar-refractivity contribution in [3.05, 3.63) is 40.1 Å². The molecule has 0 saturated carbocycles. The van der Waals surface area contributed by atoms with E-state index in [2.05, 4.69) is 9.46 Å². The number of carbonyl (C=O) groups is 4. The van der Waals surface area contributed by atoms with Crippen LogP contribution in [0.3, 0.4) is 0 Å². The summed E-state index contributed by atoms with van der Waals surface area (Å²) < 4.78 is 69.5. The molecule has 1 amide bonds. The van der Waals surface area contributed by atoms with Crippen LogP contribution in [0.15, 0.2) is 24.3 Å². The second-order valence-corrected chi connectivity index (χ2v) is 9.42. The molecule has 0 spiro atoms. The van der Waals surface area contributed by atoms with Gasteiger partial charge in [0.25, 0.3) is 0 Å². The van der Waals surface area contributed by atoms with E-state index in [0.717, 1.165) is 12.0 Å². The van der Waals surface area contributed by atoms with Crippen LogP contribution in [-0.2, 0) is 33.9 Å². The van der Waals surface area contributed by atoms with Gasteiger partial charge in [-0.3, -0.25) is 14.4 Å². The van der Waals surface area contributed by atoms with Crippen LogP contribution in [0, 0.1) is 5.92 Å². The Morgan fingerprint density at radius 3 is 1.89 bits per heavy atom. The van der Waals surface area contributed by atoms with E-state index in [1.807, 2.05) is 20.8 Å². The summed E-state index contributed by atoms with van der Waals surface area (Å²) in [6.45, 7) is 8.92. The molecule has 2 atom stereocenters. The Balaban J connectivity index is 0. The molecule has 1 aromatic carbocycles. The summed E-state index contributed by atoms with van der Waals surface area (Å²) in [4.78, 5) is 44.0. The van der Waals surface area contributed by atoms with Crippen molar-refractivity contribution < 1.29 is 102 Å². The molecule has 0 fully saturated rings. The number of rotatable bonds is 11. The minimum atomic E-state index is -5.80. The molecule has 0 aromatic heterocycles. The van der Waals surface area contributed by atoms with Crippen LogP contribution in [0.4, 0.5) is 13.2 Å². The van der Waals surface area contributed by atoms with E-state index in [4.69, 9.17) is 4.74 Å². The molecule has 0 aliphatic rings. The fourth-order valence-electron chi connectivity index (χ4n) is 2.26. The summed E-state index contributed by atoms with van der Waals surface area (Å²) in [5.74, 6) is -2.49. The number of ether oxygens (including phenoxy) is 2. The van der Waals surface area contributed by atoms with Gasteiger partial charge in [-0.15, -0.1) is 0 Å². The van der Waals surface area contributed by atoms with E-state index < -0.39 is 27.4 Å². The van der Waals surface area contributed by atoms with Gasteiger partial charge in [-0.05, 0) is 36.8 Å². The van der Waals surface area contributed by atoms with Crippen molar-refractivity contribution in [2.45, 2.75) is 65.3 Å². The summed E-state index contributed by atoms with van der Waals surface area (Å²) in [6.07, 6.45) is 1.34. The first-order chi connectivity index (χ1) is 16.5. The third-order valence-electron chi connectivity index (χ3n) is 4.83. The summed E-state index contributed by atoms with van der Waals surface area (Å²) in [6, 6.07) is 5.66. The summed E-state index contributed by atoms with van der Waals surface area (Å²) >= 11 is 0. The number of hydrogen-bond donors (Lipinski definition) is 0. The van der Waals surface area contributed by atoms with Crippen molar-refractivity contribution in [1.29, 1.82) is 0 Å². The van der Waals surface area contributed by atoms with Gasteiger partial charge < -0.3 is 19.0 Å². The molecule has 0 heterocycles. The number of halogens is 3. The number of Topliss-reactive ketones (excluding diaryl/α,β-unsaturated/α-hetero) is 1. The van der Waals surface area contributed by atoms with Crippen molar-refractivity contribution in [2.24, 2.45) is 5.92 Å². The molecule has 0 N–H and O–H groups in total. The SMILES string of the molecule is CCC(C)C(=O)OCCOC(=O)CC(C)=O.CCC(C)c1ccc(C(=O)[N-]S(=O)(=O)C(F)(F)F)cc1.[K+]. The van der Waals surface area contributed by atoms with Crippen LogP contribution >= 0.6 is 0 Å². The maximum absolute atomic E-state index is 12.1. The van der Waals surface area contributed by atoms with Gasteiger partial charge in [-0.1, -0.05) is 52.0 Å².